The van der Waals surface area contributed by atoms with Gasteiger partial charge in [0.05, 0.1) is 6.61 Å². The van der Waals surface area contributed by atoms with Crippen LogP contribution in [0.15, 0.2) is 28.8 Å². The monoisotopic (exact) mass is 232 g/mol. The average molecular weight is 232 g/mol. The molecule has 1 aliphatic heterocycles. The van der Waals surface area contributed by atoms with Crippen LogP contribution < -0.4 is 4.74 Å². The van der Waals surface area contributed by atoms with Crippen molar-refractivity contribution in [3.05, 3.63) is 30.2 Å². The Morgan fingerprint density at radius 1 is 1.35 bits per heavy atom. The van der Waals surface area contributed by atoms with Crippen LogP contribution in [-0.4, -0.2) is 29.5 Å². The van der Waals surface area contributed by atoms with Crippen molar-refractivity contribution in [1.82, 2.24) is 10.1 Å². The fourth-order valence-electron chi connectivity index (χ4n) is 1.47. The molecule has 1 fully saturated rings. The molecule has 0 saturated carbocycles. The molecule has 1 atom stereocenters. The molecule has 2 heterocycles. The van der Waals surface area contributed by atoms with Gasteiger partial charge in [-0.15, -0.1) is 0 Å². The maximum Gasteiger partial charge on any atom is 0.223 e. The van der Waals surface area contributed by atoms with Gasteiger partial charge >= 0.3 is 0 Å². The fourth-order valence-corrected chi connectivity index (χ4v) is 1.47. The van der Waals surface area contributed by atoms with E-state index < -0.39 is 0 Å². The van der Waals surface area contributed by atoms with E-state index >= 15 is 0 Å². The maximum absolute atomic E-state index is 5.54. The Morgan fingerprint density at radius 3 is 2.71 bits per heavy atom. The lowest BCUT2D eigenvalue weighted by molar-refractivity contribution is 0.263. The summed E-state index contributed by atoms with van der Waals surface area (Å²) in [6, 6.07) is 7.60. The molecule has 0 N–H and O–H groups in total. The van der Waals surface area contributed by atoms with Gasteiger partial charge in [0.25, 0.3) is 0 Å². The van der Waals surface area contributed by atoms with Crippen LogP contribution in [0.5, 0.6) is 5.75 Å². The van der Waals surface area contributed by atoms with Crippen molar-refractivity contribution in [2.75, 3.05) is 13.2 Å². The summed E-state index contributed by atoms with van der Waals surface area (Å²) in [6.45, 7) is 3.19. The van der Waals surface area contributed by atoms with Crippen LogP contribution >= 0.6 is 0 Å². The van der Waals surface area contributed by atoms with Gasteiger partial charge in [0, 0.05) is 12.5 Å². The molecule has 0 radical (unpaired) electrons. The lowest BCUT2D eigenvalue weighted by atomic mass is 10.2. The van der Waals surface area contributed by atoms with Gasteiger partial charge in [0.2, 0.25) is 11.7 Å². The van der Waals surface area contributed by atoms with Crippen molar-refractivity contribution >= 4 is 0 Å². The van der Waals surface area contributed by atoms with Crippen LogP contribution in [0.25, 0.3) is 11.4 Å². The first-order chi connectivity index (χ1) is 8.31. The van der Waals surface area contributed by atoms with E-state index in [1.54, 1.807) is 6.92 Å². The zero-order chi connectivity index (χ0) is 11.7. The Bertz CT molecular complexity index is 503. The molecule has 1 aliphatic rings. The molecule has 88 valence electrons. The zero-order valence-corrected chi connectivity index (χ0v) is 9.42. The summed E-state index contributed by atoms with van der Waals surface area (Å²) in [7, 11) is 0. The minimum Gasteiger partial charge on any atom is -0.491 e. The molecular weight excluding hydrogens is 220 g/mol. The summed E-state index contributed by atoms with van der Waals surface area (Å²) in [5.41, 5.74) is 0.914. The van der Waals surface area contributed by atoms with Crippen molar-refractivity contribution in [2.24, 2.45) is 0 Å². The number of aryl methyl sites for hydroxylation is 1. The Labute approximate surface area is 98.4 Å². The number of aromatic nitrogens is 2. The van der Waals surface area contributed by atoms with Gasteiger partial charge in [0.1, 0.15) is 18.5 Å². The predicted molar refractivity (Wildman–Crippen MR) is 59.7 cm³/mol. The van der Waals surface area contributed by atoms with Crippen molar-refractivity contribution in [1.29, 1.82) is 0 Å². The third-order valence-electron chi connectivity index (χ3n) is 2.48. The summed E-state index contributed by atoms with van der Waals surface area (Å²) in [4.78, 5) is 4.16. The van der Waals surface area contributed by atoms with E-state index in [0.717, 1.165) is 17.9 Å². The summed E-state index contributed by atoms with van der Waals surface area (Å²) < 4.78 is 15.5. The van der Waals surface area contributed by atoms with Crippen molar-refractivity contribution in [3.8, 4) is 17.1 Å². The molecule has 5 heteroatoms. The second-order valence-corrected chi connectivity index (χ2v) is 3.93. The van der Waals surface area contributed by atoms with Crippen molar-refractivity contribution in [3.63, 3.8) is 0 Å². The highest BCUT2D eigenvalue weighted by atomic mass is 16.6. The first-order valence-corrected chi connectivity index (χ1v) is 5.46. The van der Waals surface area contributed by atoms with E-state index in [1.807, 2.05) is 24.3 Å². The molecule has 0 amide bonds. The third-order valence-corrected chi connectivity index (χ3v) is 2.48. The van der Waals surface area contributed by atoms with E-state index in [-0.39, 0.29) is 6.10 Å². The molecule has 2 aromatic rings. The molecule has 0 bridgehead atoms. The molecule has 3 rings (SSSR count). The van der Waals surface area contributed by atoms with Crippen LogP contribution in [0.2, 0.25) is 0 Å². The lowest BCUT2D eigenvalue weighted by Crippen LogP contribution is -2.03. The summed E-state index contributed by atoms with van der Waals surface area (Å²) in [6.07, 6.45) is 0.273. The number of epoxide rings is 1. The standard InChI is InChI=1S/C12H12N2O3/c1-8-13-12(14-17-8)9-2-4-10(5-3-9)15-6-11-7-16-11/h2-5,11H,6-7H2,1H3. The van der Waals surface area contributed by atoms with E-state index in [0.29, 0.717) is 18.3 Å². The molecule has 0 aliphatic carbocycles. The molecule has 17 heavy (non-hydrogen) atoms. The van der Waals surface area contributed by atoms with E-state index in [4.69, 9.17) is 14.0 Å². The largest absolute Gasteiger partial charge is 0.491 e. The first-order valence-electron chi connectivity index (χ1n) is 5.46. The Balaban J connectivity index is 1.70. The lowest BCUT2D eigenvalue weighted by Gasteiger charge is -2.03. The minimum absolute atomic E-state index is 0.273. The Hall–Kier alpha value is -1.88. The van der Waals surface area contributed by atoms with Crippen LogP contribution in [-0.2, 0) is 4.74 Å². The zero-order valence-electron chi connectivity index (χ0n) is 9.42. The van der Waals surface area contributed by atoms with Gasteiger partial charge in [0.15, 0.2) is 0 Å². The third kappa shape index (κ3) is 2.45. The van der Waals surface area contributed by atoms with Crippen molar-refractivity contribution < 1.29 is 14.0 Å². The highest BCUT2D eigenvalue weighted by Gasteiger charge is 2.22. The summed E-state index contributed by atoms with van der Waals surface area (Å²) in [5, 5.41) is 3.85. The van der Waals surface area contributed by atoms with Crippen LogP contribution in [0.3, 0.4) is 0 Å². The predicted octanol–water partition coefficient (Wildman–Crippen LogP) is 1.82. The van der Waals surface area contributed by atoms with Gasteiger partial charge < -0.3 is 14.0 Å². The highest BCUT2D eigenvalue weighted by Crippen LogP contribution is 2.20. The molecule has 1 aromatic heterocycles. The number of hydrogen-bond donors (Lipinski definition) is 0. The first kappa shape index (κ1) is 10.3. The van der Waals surface area contributed by atoms with Gasteiger partial charge in [-0.2, -0.15) is 4.98 Å². The topological polar surface area (TPSA) is 60.7 Å². The molecular formula is C12H12N2O3. The van der Waals surface area contributed by atoms with Gasteiger partial charge in [-0.25, -0.2) is 0 Å². The second-order valence-electron chi connectivity index (χ2n) is 3.93. The summed E-state index contributed by atoms with van der Waals surface area (Å²) in [5.74, 6) is 1.98. The quantitative estimate of drug-likeness (QED) is 0.752. The van der Waals surface area contributed by atoms with Crippen LogP contribution in [0.1, 0.15) is 5.89 Å². The van der Waals surface area contributed by atoms with Gasteiger partial charge in [-0.3, -0.25) is 0 Å². The van der Waals surface area contributed by atoms with E-state index in [9.17, 15) is 0 Å². The van der Waals surface area contributed by atoms with Crippen LogP contribution in [0.4, 0.5) is 0 Å². The normalized spacial score (nSPS) is 18.1. The SMILES string of the molecule is Cc1nc(-c2ccc(OCC3CO3)cc2)no1. The number of ether oxygens (including phenoxy) is 2. The van der Waals surface area contributed by atoms with Crippen molar-refractivity contribution in [2.45, 2.75) is 13.0 Å². The van der Waals surface area contributed by atoms with Crippen LogP contribution in [0, 0.1) is 6.92 Å². The van der Waals surface area contributed by atoms with E-state index in [2.05, 4.69) is 10.1 Å². The molecule has 1 aromatic carbocycles. The number of rotatable bonds is 4. The molecule has 5 nitrogen and oxygen atoms in total. The second kappa shape index (κ2) is 4.18. The number of nitrogens with zero attached hydrogens (tertiary/aromatic N) is 2. The minimum atomic E-state index is 0.273. The van der Waals surface area contributed by atoms with Gasteiger partial charge in [-0.1, -0.05) is 5.16 Å². The smallest absolute Gasteiger partial charge is 0.223 e. The highest BCUT2D eigenvalue weighted by molar-refractivity contribution is 5.55. The van der Waals surface area contributed by atoms with E-state index in [1.165, 1.54) is 0 Å². The summed E-state index contributed by atoms with van der Waals surface area (Å²) >= 11 is 0. The molecule has 1 saturated heterocycles. The molecule has 1 unspecified atom stereocenters. The number of hydrogen-bond acceptors (Lipinski definition) is 5. The fraction of sp³-hybridized carbons (Fsp3) is 0.333. The number of benzene rings is 1. The maximum atomic E-state index is 5.54. The Kier molecular flexibility index (Phi) is 2.53. The average Bonchev–Trinajstić information content (AvgIpc) is 3.09. The molecule has 0 spiro atoms. The Morgan fingerprint density at radius 2 is 2.12 bits per heavy atom. The van der Waals surface area contributed by atoms with Gasteiger partial charge in [-0.05, 0) is 24.3 Å².